The van der Waals surface area contributed by atoms with E-state index in [2.05, 4.69) is 52.2 Å². The van der Waals surface area contributed by atoms with Crippen LogP contribution >= 0.6 is 15.9 Å². The first-order valence-corrected chi connectivity index (χ1v) is 8.54. The maximum atomic E-state index is 6.08. The Bertz CT molecular complexity index is 940. The van der Waals surface area contributed by atoms with Crippen molar-refractivity contribution in [2.45, 2.75) is 20.0 Å². The number of para-hydroxylation sites is 1. The van der Waals surface area contributed by atoms with E-state index >= 15 is 0 Å². The van der Waals surface area contributed by atoms with Gasteiger partial charge in [-0.05, 0) is 35.7 Å². The number of hydrogen-bond donors (Lipinski definition) is 0. The van der Waals surface area contributed by atoms with Crippen molar-refractivity contribution < 1.29 is 4.74 Å². The summed E-state index contributed by atoms with van der Waals surface area (Å²) >= 11 is 3.79. The molecule has 3 aromatic rings. The zero-order chi connectivity index (χ0) is 16.0. The largest absolute Gasteiger partial charge is 0.488 e. The smallest absolute Gasteiger partial charge is 0.127 e. The summed E-state index contributed by atoms with van der Waals surface area (Å²) in [5.74, 6) is 0.936. The standard InChI is InChI=1S/C19H17BrN2O/c1-3-16(20)19-14-6-4-5-7-18(14)23-11-13-9-17-12(8-15(13)19)10-21-22(17)2/h4-10H,3,11H2,1-2H3/b19-16+. The second-order valence-electron chi connectivity index (χ2n) is 5.75. The van der Waals surface area contributed by atoms with Gasteiger partial charge in [0.25, 0.3) is 0 Å². The number of benzene rings is 2. The maximum Gasteiger partial charge on any atom is 0.127 e. The molecule has 0 N–H and O–H groups in total. The van der Waals surface area contributed by atoms with Crippen molar-refractivity contribution in [3.05, 3.63) is 63.8 Å². The molecule has 1 aliphatic heterocycles. The average Bonchev–Trinajstić information content (AvgIpc) is 2.85. The lowest BCUT2D eigenvalue weighted by Crippen LogP contribution is -1.98. The van der Waals surface area contributed by atoms with Crippen LogP contribution in [0.5, 0.6) is 5.75 Å². The number of rotatable bonds is 1. The first-order valence-electron chi connectivity index (χ1n) is 7.75. The normalized spacial score (nSPS) is 15.6. The van der Waals surface area contributed by atoms with Crippen molar-refractivity contribution in [3.8, 4) is 5.75 Å². The molecule has 0 amide bonds. The molecule has 4 heteroatoms. The van der Waals surface area contributed by atoms with Gasteiger partial charge < -0.3 is 4.74 Å². The molecule has 2 aromatic carbocycles. The van der Waals surface area contributed by atoms with E-state index < -0.39 is 0 Å². The van der Waals surface area contributed by atoms with Crippen molar-refractivity contribution in [1.29, 1.82) is 0 Å². The maximum absolute atomic E-state index is 6.08. The number of halogens is 1. The third-order valence-corrected chi connectivity index (χ3v) is 5.32. The molecule has 0 saturated heterocycles. The van der Waals surface area contributed by atoms with Crippen molar-refractivity contribution in [1.82, 2.24) is 9.78 Å². The molecule has 23 heavy (non-hydrogen) atoms. The number of nitrogens with zero attached hydrogens (tertiary/aromatic N) is 2. The zero-order valence-electron chi connectivity index (χ0n) is 13.1. The highest BCUT2D eigenvalue weighted by molar-refractivity contribution is 9.11. The van der Waals surface area contributed by atoms with Crippen molar-refractivity contribution in [2.75, 3.05) is 0 Å². The first-order chi connectivity index (χ1) is 11.2. The van der Waals surface area contributed by atoms with E-state index in [-0.39, 0.29) is 0 Å². The van der Waals surface area contributed by atoms with Crippen LogP contribution in [0.25, 0.3) is 16.5 Å². The molecule has 0 fully saturated rings. The summed E-state index contributed by atoms with van der Waals surface area (Å²) in [6.07, 6.45) is 2.86. The zero-order valence-corrected chi connectivity index (χ0v) is 14.7. The molecule has 0 spiro atoms. The summed E-state index contributed by atoms with van der Waals surface area (Å²) in [5, 5.41) is 5.53. The predicted molar refractivity (Wildman–Crippen MR) is 96.7 cm³/mol. The highest BCUT2D eigenvalue weighted by Crippen LogP contribution is 2.41. The summed E-state index contributed by atoms with van der Waals surface area (Å²) in [5.41, 5.74) is 5.91. The van der Waals surface area contributed by atoms with E-state index in [1.807, 2.05) is 30.1 Å². The molecule has 1 aliphatic rings. The van der Waals surface area contributed by atoms with Gasteiger partial charge in [0.05, 0.1) is 11.7 Å². The molecule has 0 unspecified atom stereocenters. The predicted octanol–water partition coefficient (Wildman–Crippen LogP) is 5.03. The Balaban J connectivity index is 2.07. The van der Waals surface area contributed by atoms with Crippen molar-refractivity contribution in [3.63, 3.8) is 0 Å². The minimum atomic E-state index is 0.570. The van der Waals surface area contributed by atoms with Gasteiger partial charge in [0.15, 0.2) is 0 Å². The highest BCUT2D eigenvalue weighted by Gasteiger charge is 2.22. The molecule has 0 bridgehead atoms. The van der Waals surface area contributed by atoms with Crippen LogP contribution in [0, 0.1) is 0 Å². The number of hydrogen-bond acceptors (Lipinski definition) is 2. The lowest BCUT2D eigenvalue weighted by Gasteiger charge is -2.13. The molecule has 2 heterocycles. The third kappa shape index (κ3) is 2.29. The van der Waals surface area contributed by atoms with E-state index in [0.29, 0.717) is 6.61 Å². The van der Waals surface area contributed by atoms with Gasteiger partial charge in [-0.25, -0.2) is 0 Å². The van der Waals surface area contributed by atoms with E-state index in [0.717, 1.165) is 28.6 Å². The minimum Gasteiger partial charge on any atom is -0.488 e. The Hall–Kier alpha value is -2.07. The summed E-state index contributed by atoms with van der Waals surface area (Å²) in [4.78, 5) is 0. The fourth-order valence-corrected chi connectivity index (χ4v) is 3.59. The lowest BCUT2D eigenvalue weighted by atomic mass is 9.92. The van der Waals surface area contributed by atoms with E-state index in [1.165, 1.54) is 21.2 Å². The molecule has 0 atom stereocenters. The summed E-state index contributed by atoms with van der Waals surface area (Å²) in [6.45, 7) is 2.73. The lowest BCUT2D eigenvalue weighted by molar-refractivity contribution is 0.307. The van der Waals surface area contributed by atoms with Gasteiger partial charge >= 0.3 is 0 Å². The van der Waals surface area contributed by atoms with Gasteiger partial charge in [0.1, 0.15) is 12.4 Å². The third-order valence-electron chi connectivity index (χ3n) is 4.36. The van der Waals surface area contributed by atoms with Crippen LogP contribution in [0.2, 0.25) is 0 Å². The van der Waals surface area contributed by atoms with Gasteiger partial charge in [-0.15, -0.1) is 0 Å². The monoisotopic (exact) mass is 368 g/mol. The quantitative estimate of drug-likeness (QED) is 0.602. The Morgan fingerprint density at radius 3 is 2.91 bits per heavy atom. The molecule has 0 aliphatic carbocycles. The Morgan fingerprint density at radius 2 is 2.09 bits per heavy atom. The van der Waals surface area contributed by atoms with Gasteiger partial charge in [-0.2, -0.15) is 5.10 Å². The van der Waals surface area contributed by atoms with Crippen molar-refractivity contribution >= 4 is 32.4 Å². The number of allylic oxidation sites excluding steroid dienone is 1. The van der Waals surface area contributed by atoms with Gasteiger partial charge in [-0.1, -0.05) is 41.1 Å². The number of aromatic nitrogens is 2. The number of aryl methyl sites for hydroxylation is 1. The van der Waals surface area contributed by atoms with Gasteiger partial charge in [0.2, 0.25) is 0 Å². The minimum absolute atomic E-state index is 0.570. The van der Waals surface area contributed by atoms with Crippen LogP contribution in [0.15, 0.2) is 47.1 Å². The fourth-order valence-electron chi connectivity index (χ4n) is 3.16. The van der Waals surface area contributed by atoms with Crippen LogP contribution in [0.4, 0.5) is 0 Å². The van der Waals surface area contributed by atoms with Gasteiger partial charge in [-0.3, -0.25) is 4.68 Å². The second kappa shape index (κ2) is 5.53. The van der Waals surface area contributed by atoms with Crippen LogP contribution in [0.1, 0.15) is 30.0 Å². The second-order valence-corrected chi connectivity index (χ2v) is 6.71. The highest BCUT2D eigenvalue weighted by atomic mass is 79.9. The van der Waals surface area contributed by atoms with Crippen LogP contribution in [0.3, 0.4) is 0 Å². The SMILES string of the molecule is CC/C(Br)=C1\c2cc3cnn(C)c3cc2COc2ccccc21. The van der Waals surface area contributed by atoms with E-state index in [1.54, 1.807) is 0 Å². The molecular formula is C19H17BrN2O. The van der Waals surface area contributed by atoms with Crippen molar-refractivity contribution in [2.24, 2.45) is 7.05 Å². The molecule has 0 saturated carbocycles. The number of ether oxygens (including phenoxy) is 1. The summed E-state index contributed by atoms with van der Waals surface area (Å²) in [6, 6.07) is 12.7. The Labute approximate surface area is 143 Å². The van der Waals surface area contributed by atoms with Crippen LogP contribution in [-0.4, -0.2) is 9.78 Å². The summed E-state index contributed by atoms with van der Waals surface area (Å²) < 4.78 is 9.18. The molecule has 3 nitrogen and oxygen atoms in total. The molecule has 116 valence electrons. The van der Waals surface area contributed by atoms with Gasteiger partial charge in [0, 0.05) is 28.1 Å². The molecule has 4 rings (SSSR count). The fraction of sp³-hybridized carbons (Fsp3) is 0.211. The summed E-state index contributed by atoms with van der Waals surface area (Å²) in [7, 11) is 1.97. The van der Waals surface area contributed by atoms with Crippen LogP contribution < -0.4 is 4.74 Å². The average molecular weight is 369 g/mol. The topological polar surface area (TPSA) is 27.1 Å². The molecular weight excluding hydrogens is 352 g/mol. The Kier molecular flexibility index (Phi) is 3.49. The van der Waals surface area contributed by atoms with E-state index in [9.17, 15) is 0 Å². The Morgan fingerprint density at radius 1 is 1.26 bits per heavy atom. The molecule has 1 aromatic heterocycles. The van der Waals surface area contributed by atoms with E-state index in [4.69, 9.17) is 4.74 Å². The number of fused-ring (bicyclic) bond motifs is 3. The first kappa shape index (κ1) is 14.5. The molecule has 0 radical (unpaired) electrons. The van der Waals surface area contributed by atoms with Crippen LogP contribution in [-0.2, 0) is 13.7 Å².